The van der Waals surface area contributed by atoms with Gasteiger partial charge in [0.15, 0.2) is 11.5 Å². The summed E-state index contributed by atoms with van der Waals surface area (Å²) in [5.74, 6) is 1.18. The van der Waals surface area contributed by atoms with Crippen molar-refractivity contribution < 1.29 is 19.1 Å². The van der Waals surface area contributed by atoms with Gasteiger partial charge in [0.2, 0.25) is 5.91 Å². The van der Waals surface area contributed by atoms with E-state index in [0.717, 1.165) is 13.0 Å². The van der Waals surface area contributed by atoms with E-state index in [1.165, 1.54) is 0 Å². The number of rotatable bonds is 8. The molecule has 0 aromatic heterocycles. The molecule has 0 bridgehead atoms. The second-order valence-electron chi connectivity index (χ2n) is 5.85. The number of hydrogen-bond acceptors (Lipinski definition) is 4. The first-order valence-corrected chi connectivity index (χ1v) is 8.53. The first kappa shape index (κ1) is 18.1. The molecule has 0 aliphatic carbocycles. The molecular formula is C18H26N2O4. The van der Waals surface area contributed by atoms with Gasteiger partial charge in [0.25, 0.3) is 5.91 Å². The molecule has 1 heterocycles. The fourth-order valence-corrected chi connectivity index (χ4v) is 2.77. The van der Waals surface area contributed by atoms with Crippen molar-refractivity contribution in [1.29, 1.82) is 0 Å². The Bertz CT molecular complexity index is 588. The van der Waals surface area contributed by atoms with E-state index in [4.69, 9.17) is 9.47 Å². The summed E-state index contributed by atoms with van der Waals surface area (Å²) in [7, 11) is 0. The van der Waals surface area contributed by atoms with Gasteiger partial charge in [-0.2, -0.15) is 0 Å². The fraction of sp³-hybridized carbons (Fsp3) is 0.556. The Labute approximate surface area is 143 Å². The van der Waals surface area contributed by atoms with Gasteiger partial charge in [-0.1, -0.05) is 0 Å². The quantitative estimate of drug-likeness (QED) is 0.791. The molecule has 0 saturated carbocycles. The molecule has 132 valence electrons. The number of hydrogen-bond donors (Lipinski definition) is 1. The molecule has 1 aromatic rings. The molecule has 24 heavy (non-hydrogen) atoms. The smallest absolute Gasteiger partial charge is 0.251 e. The molecule has 0 spiro atoms. The van der Waals surface area contributed by atoms with Gasteiger partial charge in [-0.3, -0.25) is 9.59 Å². The molecule has 0 unspecified atom stereocenters. The van der Waals surface area contributed by atoms with Gasteiger partial charge in [-0.25, -0.2) is 0 Å². The number of benzene rings is 1. The lowest BCUT2D eigenvalue weighted by Gasteiger charge is -2.22. The van der Waals surface area contributed by atoms with Crippen molar-refractivity contribution in [1.82, 2.24) is 10.2 Å². The molecule has 1 saturated heterocycles. The lowest BCUT2D eigenvalue weighted by atomic mass is 10.1. The molecule has 1 aliphatic heterocycles. The number of likely N-dealkylation sites (tertiary alicyclic amines) is 1. The lowest BCUT2D eigenvalue weighted by molar-refractivity contribution is -0.127. The number of amides is 2. The Balaban J connectivity index is 2.00. The topological polar surface area (TPSA) is 67.9 Å². The van der Waals surface area contributed by atoms with Crippen LogP contribution in [0.4, 0.5) is 0 Å². The van der Waals surface area contributed by atoms with E-state index in [1.807, 2.05) is 20.8 Å². The maximum atomic E-state index is 12.4. The van der Waals surface area contributed by atoms with E-state index in [2.05, 4.69) is 5.32 Å². The van der Waals surface area contributed by atoms with E-state index >= 15 is 0 Å². The summed E-state index contributed by atoms with van der Waals surface area (Å²) in [6, 6.07) is 5.05. The summed E-state index contributed by atoms with van der Waals surface area (Å²) in [4.78, 5) is 25.9. The number of ether oxygens (including phenoxy) is 2. The second kappa shape index (κ2) is 8.57. The van der Waals surface area contributed by atoms with Crippen LogP contribution in [-0.4, -0.2) is 49.1 Å². The van der Waals surface area contributed by atoms with Crippen LogP contribution >= 0.6 is 0 Å². The molecule has 1 atom stereocenters. The van der Waals surface area contributed by atoms with Crippen LogP contribution in [0.15, 0.2) is 18.2 Å². The molecule has 1 fully saturated rings. The van der Waals surface area contributed by atoms with E-state index < -0.39 is 0 Å². The Morgan fingerprint density at radius 3 is 2.58 bits per heavy atom. The van der Waals surface area contributed by atoms with Crippen molar-refractivity contribution >= 4 is 11.8 Å². The highest BCUT2D eigenvalue weighted by atomic mass is 16.5. The van der Waals surface area contributed by atoms with Gasteiger partial charge < -0.3 is 19.7 Å². The maximum absolute atomic E-state index is 12.4. The maximum Gasteiger partial charge on any atom is 0.251 e. The predicted molar refractivity (Wildman–Crippen MR) is 91.5 cm³/mol. The van der Waals surface area contributed by atoms with Gasteiger partial charge >= 0.3 is 0 Å². The van der Waals surface area contributed by atoms with Gasteiger partial charge in [0, 0.05) is 31.1 Å². The average Bonchev–Trinajstić information content (AvgIpc) is 2.94. The van der Waals surface area contributed by atoms with Gasteiger partial charge in [0.1, 0.15) is 0 Å². The van der Waals surface area contributed by atoms with Crippen molar-refractivity contribution in [3.63, 3.8) is 0 Å². The summed E-state index contributed by atoms with van der Waals surface area (Å²) in [6.07, 6.45) is 1.51. The minimum atomic E-state index is -0.182. The van der Waals surface area contributed by atoms with Crippen LogP contribution in [0.1, 0.15) is 44.0 Å². The summed E-state index contributed by atoms with van der Waals surface area (Å²) >= 11 is 0. The highest BCUT2D eigenvalue weighted by Crippen LogP contribution is 2.28. The fourth-order valence-electron chi connectivity index (χ4n) is 2.77. The van der Waals surface area contributed by atoms with Crippen LogP contribution in [0.3, 0.4) is 0 Å². The highest BCUT2D eigenvalue weighted by molar-refractivity contribution is 5.95. The zero-order valence-corrected chi connectivity index (χ0v) is 14.6. The molecule has 1 aromatic carbocycles. The summed E-state index contributed by atoms with van der Waals surface area (Å²) in [5.41, 5.74) is 0.515. The Hall–Kier alpha value is -2.24. The van der Waals surface area contributed by atoms with E-state index in [1.54, 1.807) is 23.1 Å². The van der Waals surface area contributed by atoms with E-state index in [9.17, 15) is 9.59 Å². The Morgan fingerprint density at radius 2 is 1.96 bits per heavy atom. The standard InChI is InChI=1S/C18H26N2O4/c1-4-23-15-9-8-14(11-16(15)24-5-2)18(22)19-13(3)12-20-10-6-7-17(20)21/h8-9,11,13H,4-7,10,12H2,1-3H3,(H,19,22)/t13-/m1/s1. The zero-order valence-electron chi connectivity index (χ0n) is 14.6. The predicted octanol–water partition coefficient (Wildman–Crippen LogP) is 2.22. The largest absolute Gasteiger partial charge is 0.490 e. The van der Waals surface area contributed by atoms with Crippen molar-refractivity contribution in [3.05, 3.63) is 23.8 Å². The van der Waals surface area contributed by atoms with Crippen LogP contribution in [0.25, 0.3) is 0 Å². The minimum Gasteiger partial charge on any atom is -0.490 e. The van der Waals surface area contributed by atoms with Crippen LogP contribution in [0, 0.1) is 0 Å². The van der Waals surface area contributed by atoms with Crippen LogP contribution in [0.2, 0.25) is 0 Å². The normalized spacial score (nSPS) is 15.3. The molecule has 6 nitrogen and oxygen atoms in total. The number of nitrogens with one attached hydrogen (secondary N) is 1. The summed E-state index contributed by atoms with van der Waals surface area (Å²) < 4.78 is 11.1. The number of nitrogens with zero attached hydrogens (tertiary/aromatic N) is 1. The number of carbonyl (C=O) groups is 2. The van der Waals surface area contributed by atoms with E-state index in [-0.39, 0.29) is 17.9 Å². The molecule has 1 N–H and O–H groups in total. The molecule has 2 amide bonds. The Morgan fingerprint density at radius 1 is 1.25 bits per heavy atom. The summed E-state index contributed by atoms with van der Waals surface area (Å²) in [5, 5.41) is 2.94. The average molecular weight is 334 g/mol. The molecule has 2 rings (SSSR count). The van der Waals surface area contributed by atoms with Crippen LogP contribution < -0.4 is 14.8 Å². The number of carbonyl (C=O) groups excluding carboxylic acids is 2. The lowest BCUT2D eigenvalue weighted by Crippen LogP contribution is -2.42. The van der Waals surface area contributed by atoms with Crippen molar-refractivity contribution in [2.45, 2.75) is 39.7 Å². The summed E-state index contributed by atoms with van der Waals surface area (Å²) in [6.45, 7) is 8.04. The van der Waals surface area contributed by atoms with Crippen LogP contribution in [0.5, 0.6) is 11.5 Å². The molecular weight excluding hydrogens is 308 g/mol. The van der Waals surface area contributed by atoms with Gasteiger partial charge in [-0.05, 0) is 45.4 Å². The third kappa shape index (κ3) is 4.63. The van der Waals surface area contributed by atoms with E-state index in [0.29, 0.717) is 43.2 Å². The SMILES string of the molecule is CCOc1ccc(C(=O)N[C@H](C)CN2CCCC2=O)cc1OCC. The third-order valence-electron chi connectivity index (χ3n) is 3.85. The second-order valence-corrected chi connectivity index (χ2v) is 5.85. The van der Waals surface area contributed by atoms with Gasteiger partial charge in [-0.15, -0.1) is 0 Å². The van der Waals surface area contributed by atoms with Crippen molar-refractivity contribution in [3.8, 4) is 11.5 Å². The minimum absolute atomic E-state index is 0.110. The third-order valence-corrected chi connectivity index (χ3v) is 3.85. The monoisotopic (exact) mass is 334 g/mol. The van der Waals surface area contributed by atoms with Gasteiger partial charge in [0.05, 0.1) is 13.2 Å². The highest BCUT2D eigenvalue weighted by Gasteiger charge is 2.22. The molecule has 0 radical (unpaired) electrons. The molecule has 6 heteroatoms. The van der Waals surface area contributed by atoms with Crippen LogP contribution in [-0.2, 0) is 4.79 Å². The molecule has 1 aliphatic rings. The van der Waals surface area contributed by atoms with Crippen molar-refractivity contribution in [2.75, 3.05) is 26.3 Å². The first-order valence-electron chi connectivity index (χ1n) is 8.53. The first-order chi connectivity index (χ1) is 11.5. The Kier molecular flexibility index (Phi) is 6.46. The van der Waals surface area contributed by atoms with Crippen molar-refractivity contribution in [2.24, 2.45) is 0 Å². The zero-order chi connectivity index (χ0) is 17.5.